The number of imide groups is 1. The summed E-state index contributed by atoms with van der Waals surface area (Å²) in [6.07, 6.45) is 0.944. The van der Waals surface area contributed by atoms with Crippen LogP contribution in [0.15, 0.2) is 66.9 Å². The van der Waals surface area contributed by atoms with Crippen LogP contribution < -0.4 is 10.1 Å². The molecule has 0 bridgehead atoms. The fourth-order valence-electron chi connectivity index (χ4n) is 3.72. The molecule has 2 aromatic carbocycles. The summed E-state index contributed by atoms with van der Waals surface area (Å²) >= 11 is 5.98. The van der Waals surface area contributed by atoms with Gasteiger partial charge in [0.05, 0.1) is 6.42 Å². The Kier molecular flexibility index (Phi) is 7.17. The van der Waals surface area contributed by atoms with E-state index in [1.165, 1.54) is 17.2 Å². The first-order valence-electron chi connectivity index (χ1n) is 10.9. The van der Waals surface area contributed by atoms with Gasteiger partial charge in [-0.1, -0.05) is 23.7 Å². The third kappa shape index (κ3) is 5.70. The monoisotopic (exact) mass is 494 g/mol. The van der Waals surface area contributed by atoms with E-state index in [-0.39, 0.29) is 24.1 Å². The number of carbonyl (C=O) groups is 3. The lowest BCUT2D eigenvalue weighted by Crippen LogP contribution is -2.58. The minimum Gasteiger partial charge on any atom is -0.477 e. The number of pyridine rings is 1. The van der Waals surface area contributed by atoms with E-state index in [1.54, 1.807) is 54.3 Å². The van der Waals surface area contributed by atoms with E-state index >= 15 is 0 Å². The third-order valence-corrected chi connectivity index (χ3v) is 5.73. The van der Waals surface area contributed by atoms with Gasteiger partial charge in [-0.25, -0.2) is 14.6 Å². The molecular weight excluding hydrogens is 472 g/mol. The molecule has 9 nitrogen and oxygen atoms in total. The van der Waals surface area contributed by atoms with Crippen LogP contribution in [0, 0.1) is 0 Å². The van der Waals surface area contributed by atoms with Gasteiger partial charge >= 0.3 is 12.0 Å². The second kappa shape index (κ2) is 10.4. The predicted molar refractivity (Wildman–Crippen MR) is 130 cm³/mol. The molecule has 2 heterocycles. The lowest BCUT2D eigenvalue weighted by molar-refractivity contribution is -0.132. The Bertz CT molecular complexity index is 1230. The molecule has 0 aliphatic carbocycles. The molecule has 35 heavy (non-hydrogen) atoms. The number of carboxylic acid groups (broad SMARTS) is 1. The van der Waals surface area contributed by atoms with Gasteiger partial charge < -0.3 is 15.2 Å². The number of hydrogen-bond donors (Lipinski definition) is 2. The zero-order valence-electron chi connectivity index (χ0n) is 18.8. The molecule has 0 saturated carbocycles. The van der Waals surface area contributed by atoms with Gasteiger partial charge in [-0.15, -0.1) is 0 Å². The first-order chi connectivity index (χ1) is 16.8. The number of aromatic carboxylic acids is 1. The van der Waals surface area contributed by atoms with Crippen LogP contribution in [0.2, 0.25) is 5.02 Å². The molecule has 0 spiro atoms. The molecule has 1 saturated heterocycles. The molecule has 10 heteroatoms. The van der Waals surface area contributed by atoms with Crippen LogP contribution in [0.5, 0.6) is 11.5 Å². The number of carboxylic acids is 1. The van der Waals surface area contributed by atoms with Crippen molar-refractivity contribution < 1.29 is 24.2 Å². The lowest BCUT2D eigenvalue weighted by atomic mass is 10.1. The lowest BCUT2D eigenvalue weighted by Gasteiger charge is -2.40. The van der Waals surface area contributed by atoms with Gasteiger partial charge in [0.2, 0.25) is 5.91 Å². The van der Waals surface area contributed by atoms with E-state index in [4.69, 9.17) is 21.4 Å². The number of halogens is 1. The van der Waals surface area contributed by atoms with Crippen molar-refractivity contribution in [2.45, 2.75) is 26.1 Å². The van der Waals surface area contributed by atoms with Crippen molar-refractivity contribution in [3.05, 3.63) is 83.1 Å². The predicted octanol–water partition coefficient (Wildman–Crippen LogP) is 4.84. The number of rotatable bonds is 8. The van der Waals surface area contributed by atoms with Gasteiger partial charge in [-0.05, 0) is 55.0 Å². The highest BCUT2D eigenvalue weighted by Crippen LogP contribution is 2.26. The van der Waals surface area contributed by atoms with E-state index < -0.39 is 12.1 Å². The molecule has 1 atom stereocenters. The van der Waals surface area contributed by atoms with E-state index in [0.717, 1.165) is 5.56 Å². The van der Waals surface area contributed by atoms with Crippen LogP contribution in [0.4, 0.5) is 10.5 Å². The van der Waals surface area contributed by atoms with E-state index in [1.807, 2.05) is 12.1 Å². The summed E-state index contributed by atoms with van der Waals surface area (Å²) in [7, 11) is 0. The van der Waals surface area contributed by atoms with Crippen molar-refractivity contribution in [3.63, 3.8) is 0 Å². The maximum atomic E-state index is 13.1. The molecule has 1 unspecified atom stereocenters. The largest absolute Gasteiger partial charge is 0.477 e. The molecule has 2 N–H and O–H groups in total. The molecule has 4 rings (SSSR count). The maximum Gasteiger partial charge on any atom is 0.354 e. The standard InChI is InChI=1S/C25H23ClN4O5/c1-2-29-23(31)14-22(30(25(29)34)15-16-3-5-17(26)6-4-16)28-18-7-9-19(10-8-18)35-20-11-12-27-21(13-20)24(32)33/h3-13,22,28H,2,14-15H2,1H3,(H,32,33). The molecular formula is C25H23ClN4O5. The highest BCUT2D eigenvalue weighted by atomic mass is 35.5. The van der Waals surface area contributed by atoms with Crippen LogP contribution in [0.1, 0.15) is 29.4 Å². The number of urea groups is 1. The summed E-state index contributed by atoms with van der Waals surface area (Å²) < 4.78 is 5.72. The molecule has 3 amide bonds. The van der Waals surface area contributed by atoms with Crippen LogP contribution in [0.3, 0.4) is 0 Å². The quantitative estimate of drug-likeness (QED) is 0.461. The molecule has 180 valence electrons. The van der Waals surface area contributed by atoms with Gasteiger partial charge in [0.25, 0.3) is 0 Å². The Balaban J connectivity index is 1.49. The van der Waals surface area contributed by atoms with Gasteiger partial charge in [-0.2, -0.15) is 0 Å². The van der Waals surface area contributed by atoms with Crippen LogP contribution >= 0.6 is 11.6 Å². The third-order valence-electron chi connectivity index (χ3n) is 5.48. The number of anilines is 1. The van der Waals surface area contributed by atoms with Crippen molar-refractivity contribution >= 4 is 35.2 Å². The fourth-order valence-corrected chi connectivity index (χ4v) is 3.85. The molecule has 1 aliphatic heterocycles. The van der Waals surface area contributed by atoms with E-state index in [0.29, 0.717) is 35.3 Å². The molecule has 0 radical (unpaired) electrons. The van der Waals surface area contributed by atoms with Gasteiger partial charge in [-0.3, -0.25) is 14.6 Å². The smallest absolute Gasteiger partial charge is 0.354 e. The Hall–Kier alpha value is -4.11. The maximum absolute atomic E-state index is 13.1. The van der Waals surface area contributed by atoms with Crippen molar-refractivity contribution in [1.29, 1.82) is 0 Å². The van der Waals surface area contributed by atoms with Crippen LogP contribution in [-0.2, 0) is 11.3 Å². The topological polar surface area (TPSA) is 112 Å². The first-order valence-corrected chi connectivity index (χ1v) is 11.3. The number of benzene rings is 2. The zero-order valence-corrected chi connectivity index (χ0v) is 19.6. The summed E-state index contributed by atoms with van der Waals surface area (Å²) in [5, 5.41) is 13.0. The van der Waals surface area contributed by atoms with Gasteiger partial charge in [0.15, 0.2) is 5.69 Å². The fraction of sp³-hybridized carbons (Fsp3) is 0.200. The Labute approximate surface area is 206 Å². The van der Waals surface area contributed by atoms with Gasteiger partial charge in [0.1, 0.15) is 17.7 Å². The minimum absolute atomic E-state index is 0.116. The van der Waals surface area contributed by atoms with Crippen molar-refractivity contribution in [2.75, 3.05) is 11.9 Å². The molecule has 1 aromatic heterocycles. The van der Waals surface area contributed by atoms with Crippen molar-refractivity contribution in [1.82, 2.24) is 14.8 Å². The minimum atomic E-state index is -1.14. The number of ether oxygens (including phenoxy) is 1. The second-order valence-corrected chi connectivity index (χ2v) is 8.28. The van der Waals surface area contributed by atoms with E-state index in [2.05, 4.69) is 10.3 Å². The van der Waals surface area contributed by atoms with Crippen molar-refractivity contribution in [3.8, 4) is 11.5 Å². The number of amides is 3. The van der Waals surface area contributed by atoms with Gasteiger partial charge in [0, 0.05) is 36.1 Å². The Morgan fingerprint density at radius 1 is 1.11 bits per heavy atom. The highest BCUT2D eigenvalue weighted by molar-refractivity contribution is 6.30. The summed E-state index contributed by atoms with van der Waals surface area (Å²) in [5.74, 6) is -0.551. The summed E-state index contributed by atoms with van der Waals surface area (Å²) in [5.41, 5.74) is 1.46. The van der Waals surface area contributed by atoms with E-state index in [9.17, 15) is 14.4 Å². The Morgan fingerprint density at radius 3 is 2.49 bits per heavy atom. The first kappa shape index (κ1) is 24.0. The number of hydrogen-bond acceptors (Lipinski definition) is 6. The number of aromatic nitrogens is 1. The second-order valence-electron chi connectivity index (χ2n) is 7.85. The van der Waals surface area contributed by atoms with Crippen LogP contribution in [-0.4, -0.2) is 50.5 Å². The average molecular weight is 495 g/mol. The highest BCUT2D eigenvalue weighted by Gasteiger charge is 2.38. The summed E-state index contributed by atoms with van der Waals surface area (Å²) in [4.78, 5) is 43.4. The average Bonchev–Trinajstić information content (AvgIpc) is 2.84. The normalized spacial score (nSPS) is 15.8. The zero-order chi connectivity index (χ0) is 24.9. The molecule has 3 aromatic rings. The Morgan fingerprint density at radius 2 is 1.83 bits per heavy atom. The summed E-state index contributed by atoms with van der Waals surface area (Å²) in [6.45, 7) is 2.38. The van der Waals surface area contributed by atoms with Crippen LogP contribution in [0.25, 0.3) is 0 Å². The number of carbonyl (C=O) groups excluding carboxylic acids is 2. The molecule has 1 fully saturated rings. The number of nitrogens with one attached hydrogen (secondary N) is 1. The van der Waals surface area contributed by atoms with Crippen molar-refractivity contribution in [2.24, 2.45) is 0 Å². The molecule has 1 aliphatic rings. The summed E-state index contributed by atoms with van der Waals surface area (Å²) in [6, 6.07) is 16.7. The SMILES string of the molecule is CCN1C(=O)CC(Nc2ccc(Oc3ccnc(C(=O)O)c3)cc2)N(Cc2ccc(Cl)cc2)C1=O. The number of nitrogens with zero attached hydrogens (tertiary/aromatic N) is 3.